The fourth-order valence-corrected chi connectivity index (χ4v) is 3.86. The molecular weight excluding hydrogens is 308 g/mol. The summed E-state index contributed by atoms with van der Waals surface area (Å²) in [5.74, 6) is 0. The first-order chi connectivity index (χ1) is 8.74. The third-order valence-corrected chi connectivity index (χ3v) is 4.89. The lowest BCUT2D eigenvalue weighted by molar-refractivity contribution is 0.609. The van der Waals surface area contributed by atoms with Gasteiger partial charge in [0.05, 0.1) is 17.4 Å². The zero-order chi connectivity index (χ0) is 12.5. The van der Waals surface area contributed by atoms with Crippen LogP contribution in [0.15, 0.2) is 34.1 Å². The fourth-order valence-electron chi connectivity index (χ4n) is 2.49. The topological polar surface area (TPSA) is 38.0 Å². The molecule has 0 saturated carbocycles. The first kappa shape index (κ1) is 12.1. The molecule has 0 amide bonds. The number of hydrogen-bond acceptors (Lipinski definition) is 3. The van der Waals surface area contributed by atoms with Gasteiger partial charge in [0.2, 0.25) is 0 Å². The van der Waals surface area contributed by atoms with Gasteiger partial charge in [0.1, 0.15) is 0 Å². The number of hydrogen-bond donors (Lipinski definition) is 2. The molecular formula is C14H15BrN2S. The van der Waals surface area contributed by atoms with Gasteiger partial charge in [-0.1, -0.05) is 15.9 Å². The standard InChI is InChI=1S/C14H15BrN2S/c15-9-4-5-13(11(16)8-9)17-12-2-1-3-14-10(12)6-7-18-14/h4-8,12,17H,1-3,16H2. The summed E-state index contributed by atoms with van der Waals surface area (Å²) in [6.07, 6.45) is 3.65. The number of nitrogen functional groups attached to an aromatic ring is 1. The van der Waals surface area contributed by atoms with E-state index >= 15 is 0 Å². The molecule has 3 N–H and O–H groups in total. The van der Waals surface area contributed by atoms with E-state index in [2.05, 4.69) is 32.7 Å². The van der Waals surface area contributed by atoms with Crippen LogP contribution >= 0.6 is 27.3 Å². The van der Waals surface area contributed by atoms with E-state index in [1.165, 1.54) is 29.7 Å². The van der Waals surface area contributed by atoms with E-state index in [0.29, 0.717) is 6.04 Å². The van der Waals surface area contributed by atoms with Crippen LogP contribution in [0.25, 0.3) is 0 Å². The summed E-state index contributed by atoms with van der Waals surface area (Å²) in [5.41, 5.74) is 9.32. The molecule has 1 atom stereocenters. The maximum atomic E-state index is 6.04. The van der Waals surface area contributed by atoms with Crippen molar-refractivity contribution in [1.29, 1.82) is 0 Å². The summed E-state index contributed by atoms with van der Waals surface area (Å²) in [7, 11) is 0. The molecule has 4 heteroatoms. The number of aryl methyl sites for hydroxylation is 1. The predicted molar refractivity (Wildman–Crippen MR) is 82.2 cm³/mol. The van der Waals surface area contributed by atoms with E-state index < -0.39 is 0 Å². The normalized spacial score (nSPS) is 18.4. The fraction of sp³-hybridized carbons (Fsp3) is 0.286. The van der Waals surface area contributed by atoms with Crippen molar-refractivity contribution in [3.8, 4) is 0 Å². The highest BCUT2D eigenvalue weighted by Gasteiger charge is 2.21. The first-order valence-corrected chi connectivity index (χ1v) is 7.79. The maximum Gasteiger partial charge on any atom is 0.0579 e. The van der Waals surface area contributed by atoms with E-state index in [1.54, 1.807) is 0 Å². The molecule has 0 radical (unpaired) electrons. The Kier molecular flexibility index (Phi) is 3.31. The number of nitrogens with two attached hydrogens (primary N) is 1. The molecule has 0 aliphatic heterocycles. The minimum Gasteiger partial charge on any atom is -0.397 e. The molecule has 1 heterocycles. The van der Waals surface area contributed by atoms with Crippen LogP contribution in [0.2, 0.25) is 0 Å². The molecule has 18 heavy (non-hydrogen) atoms. The summed E-state index contributed by atoms with van der Waals surface area (Å²) in [6, 6.07) is 8.66. The summed E-state index contributed by atoms with van der Waals surface area (Å²) >= 11 is 5.30. The van der Waals surface area contributed by atoms with Crippen molar-refractivity contribution in [3.05, 3.63) is 44.6 Å². The quantitative estimate of drug-likeness (QED) is 0.794. The molecule has 0 bridgehead atoms. The van der Waals surface area contributed by atoms with Crippen LogP contribution in [0.3, 0.4) is 0 Å². The van der Waals surface area contributed by atoms with Crippen molar-refractivity contribution in [1.82, 2.24) is 0 Å². The Hall–Kier alpha value is -1.00. The third kappa shape index (κ3) is 2.27. The average Bonchev–Trinajstić information content (AvgIpc) is 2.82. The van der Waals surface area contributed by atoms with Crippen LogP contribution < -0.4 is 11.1 Å². The minimum atomic E-state index is 0.406. The molecule has 1 aliphatic rings. The number of nitrogens with one attached hydrogen (secondary N) is 1. The van der Waals surface area contributed by atoms with E-state index in [0.717, 1.165) is 15.8 Å². The highest BCUT2D eigenvalue weighted by Crippen LogP contribution is 2.36. The second-order valence-corrected chi connectivity index (χ2v) is 6.54. The van der Waals surface area contributed by atoms with Gasteiger partial charge in [0.25, 0.3) is 0 Å². The largest absolute Gasteiger partial charge is 0.397 e. The Balaban J connectivity index is 1.86. The summed E-state index contributed by atoms with van der Waals surface area (Å²) in [4.78, 5) is 1.52. The van der Waals surface area contributed by atoms with Crippen LogP contribution in [-0.4, -0.2) is 0 Å². The number of fused-ring (bicyclic) bond motifs is 1. The lowest BCUT2D eigenvalue weighted by atomic mass is 9.94. The van der Waals surface area contributed by atoms with E-state index in [1.807, 2.05) is 29.5 Å². The average molecular weight is 323 g/mol. The zero-order valence-corrected chi connectivity index (χ0v) is 12.4. The van der Waals surface area contributed by atoms with Gasteiger partial charge in [-0.3, -0.25) is 0 Å². The van der Waals surface area contributed by atoms with Gasteiger partial charge in [-0.2, -0.15) is 0 Å². The second-order valence-electron chi connectivity index (χ2n) is 4.62. The Morgan fingerprint density at radius 2 is 2.22 bits per heavy atom. The van der Waals surface area contributed by atoms with E-state index in [9.17, 15) is 0 Å². The van der Waals surface area contributed by atoms with Gasteiger partial charge in [-0.05, 0) is 54.5 Å². The minimum absolute atomic E-state index is 0.406. The Morgan fingerprint density at radius 3 is 3.06 bits per heavy atom. The van der Waals surface area contributed by atoms with Crippen molar-refractivity contribution < 1.29 is 0 Å². The number of benzene rings is 1. The summed E-state index contributed by atoms with van der Waals surface area (Å²) in [5, 5.41) is 5.77. The molecule has 94 valence electrons. The molecule has 1 aromatic carbocycles. The molecule has 1 aliphatic carbocycles. The van der Waals surface area contributed by atoms with Crippen molar-refractivity contribution in [3.63, 3.8) is 0 Å². The Morgan fingerprint density at radius 1 is 1.33 bits per heavy atom. The van der Waals surface area contributed by atoms with Crippen molar-refractivity contribution in [2.75, 3.05) is 11.1 Å². The Labute approximate surface area is 119 Å². The van der Waals surface area contributed by atoms with E-state index in [-0.39, 0.29) is 0 Å². The van der Waals surface area contributed by atoms with Gasteiger partial charge in [-0.25, -0.2) is 0 Å². The lowest BCUT2D eigenvalue weighted by Gasteiger charge is -2.25. The van der Waals surface area contributed by atoms with Gasteiger partial charge in [0, 0.05) is 9.35 Å². The van der Waals surface area contributed by atoms with Crippen LogP contribution in [0.4, 0.5) is 11.4 Å². The summed E-state index contributed by atoms with van der Waals surface area (Å²) < 4.78 is 1.02. The van der Waals surface area contributed by atoms with E-state index in [4.69, 9.17) is 5.73 Å². The molecule has 0 spiro atoms. The van der Waals surface area contributed by atoms with Crippen LogP contribution in [-0.2, 0) is 6.42 Å². The Bertz CT molecular complexity index is 565. The van der Waals surface area contributed by atoms with Crippen LogP contribution in [0.5, 0.6) is 0 Å². The molecule has 2 nitrogen and oxygen atoms in total. The number of thiophene rings is 1. The molecule has 0 fully saturated rings. The third-order valence-electron chi connectivity index (χ3n) is 3.40. The van der Waals surface area contributed by atoms with Crippen molar-refractivity contribution >= 4 is 38.6 Å². The number of halogens is 1. The van der Waals surface area contributed by atoms with Crippen molar-refractivity contribution in [2.45, 2.75) is 25.3 Å². The predicted octanol–water partition coefficient (Wildman–Crippen LogP) is 4.58. The first-order valence-electron chi connectivity index (χ1n) is 6.12. The molecule has 3 rings (SSSR count). The second kappa shape index (κ2) is 4.94. The van der Waals surface area contributed by atoms with Gasteiger partial charge in [-0.15, -0.1) is 11.3 Å². The summed E-state index contributed by atoms with van der Waals surface area (Å²) in [6.45, 7) is 0. The van der Waals surface area contributed by atoms with Crippen LogP contribution in [0.1, 0.15) is 29.3 Å². The van der Waals surface area contributed by atoms with Gasteiger partial charge >= 0.3 is 0 Å². The van der Waals surface area contributed by atoms with Gasteiger partial charge in [0.15, 0.2) is 0 Å². The zero-order valence-electron chi connectivity index (χ0n) is 9.95. The molecule has 1 aromatic heterocycles. The number of rotatable bonds is 2. The smallest absolute Gasteiger partial charge is 0.0579 e. The number of anilines is 2. The molecule has 0 saturated heterocycles. The van der Waals surface area contributed by atoms with Crippen molar-refractivity contribution in [2.24, 2.45) is 0 Å². The maximum absolute atomic E-state index is 6.04. The molecule has 1 unspecified atom stereocenters. The molecule has 2 aromatic rings. The lowest BCUT2D eigenvalue weighted by Crippen LogP contribution is -2.16. The highest BCUT2D eigenvalue weighted by molar-refractivity contribution is 9.10. The van der Waals surface area contributed by atoms with Gasteiger partial charge < -0.3 is 11.1 Å². The highest BCUT2D eigenvalue weighted by atomic mass is 79.9. The monoisotopic (exact) mass is 322 g/mol. The van der Waals surface area contributed by atoms with Crippen LogP contribution in [0, 0.1) is 0 Å². The SMILES string of the molecule is Nc1cc(Br)ccc1NC1CCCc2sccc21.